The lowest BCUT2D eigenvalue weighted by atomic mass is 10.2. The van der Waals surface area contributed by atoms with Crippen LogP contribution in [0.15, 0.2) is 63.7 Å². The molecule has 0 aliphatic carbocycles. The molecule has 1 aromatic heterocycles. The third-order valence-electron chi connectivity index (χ3n) is 3.94. The summed E-state index contributed by atoms with van der Waals surface area (Å²) in [6.45, 7) is 3.46. The maximum atomic E-state index is 12.0. The lowest BCUT2D eigenvalue weighted by molar-refractivity contribution is -0.384. The van der Waals surface area contributed by atoms with Gasteiger partial charge in [-0.2, -0.15) is 5.10 Å². The number of rotatable bonds is 8. The first kappa shape index (κ1) is 23.2. The van der Waals surface area contributed by atoms with Gasteiger partial charge in [0.05, 0.1) is 11.1 Å². The highest BCUT2D eigenvalue weighted by atomic mass is 35.5. The third kappa shape index (κ3) is 6.76. The van der Waals surface area contributed by atoms with Gasteiger partial charge >= 0.3 is 0 Å². The van der Waals surface area contributed by atoms with Gasteiger partial charge in [-0.25, -0.2) is 15.4 Å². The maximum Gasteiger partial charge on any atom is 0.277 e. The summed E-state index contributed by atoms with van der Waals surface area (Å²) in [5.41, 5.74) is 4.29. The van der Waals surface area contributed by atoms with E-state index in [9.17, 15) is 14.9 Å². The Morgan fingerprint density at radius 3 is 2.53 bits per heavy atom. The Labute approximate surface area is 193 Å². The van der Waals surface area contributed by atoms with Gasteiger partial charge < -0.3 is 4.74 Å². The van der Waals surface area contributed by atoms with E-state index >= 15 is 0 Å². The van der Waals surface area contributed by atoms with Crippen molar-refractivity contribution in [1.29, 1.82) is 0 Å². The molecule has 0 saturated heterocycles. The second-order valence-corrected chi connectivity index (χ2v) is 8.00. The van der Waals surface area contributed by atoms with E-state index < -0.39 is 10.8 Å². The molecule has 164 valence electrons. The minimum atomic E-state index is -0.502. The van der Waals surface area contributed by atoms with Crippen LogP contribution in [0.2, 0.25) is 5.02 Å². The number of carbonyl (C=O) groups is 1. The molecule has 0 aliphatic rings. The summed E-state index contributed by atoms with van der Waals surface area (Å²) in [6.07, 6.45) is 1.33. The Hall–Kier alpha value is -3.50. The first-order chi connectivity index (χ1) is 15.3. The number of non-ortho nitro benzene ring substituents is 1. The summed E-state index contributed by atoms with van der Waals surface area (Å²) in [5.74, 6) is -0.00664. The number of amides is 1. The molecular weight excluding hydrogens is 454 g/mol. The number of carbonyl (C=O) groups excluding carboxylic acids is 1. The molecule has 1 heterocycles. The van der Waals surface area contributed by atoms with Gasteiger partial charge in [-0.1, -0.05) is 11.6 Å². The average Bonchev–Trinajstić information content (AvgIpc) is 2.73. The summed E-state index contributed by atoms with van der Waals surface area (Å²) in [4.78, 5) is 32.1. The number of nitro benzene ring substituents is 1. The molecule has 2 aromatic carbocycles. The Balaban J connectivity index is 1.70. The van der Waals surface area contributed by atoms with E-state index in [1.165, 1.54) is 30.1 Å². The van der Waals surface area contributed by atoms with Gasteiger partial charge in [-0.05, 0) is 62.0 Å². The van der Waals surface area contributed by atoms with Gasteiger partial charge in [0.2, 0.25) is 0 Å². The fourth-order valence-corrected chi connectivity index (χ4v) is 3.63. The summed E-state index contributed by atoms with van der Waals surface area (Å²) < 4.78 is 5.35. The topological polar surface area (TPSA) is 120 Å². The molecule has 3 rings (SSSR count). The number of benzene rings is 2. The number of aryl methyl sites for hydroxylation is 2. The van der Waals surface area contributed by atoms with E-state index in [1.54, 1.807) is 30.3 Å². The summed E-state index contributed by atoms with van der Waals surface area (Å²) >= 11 is 7.05. The van der Waals surface area contributed by atoms with Crippen molar-refractivity contribution < 1.29 is 14.5 Å². The summed E-state index contributed by atoms with van der Waals surface area (Å²) in [5, 5.41) is 16.1. The van der Waals surface area contributed by atoms with Gasteiger partial charge in [-0.3, -0.25) is 14.9 Å². The molecule has 0 atom stereocenters. The number of halogens is 1. The third-order valence-corrected chi connectivity index (χ3v) is 5.15. The highest BCUT2D eigenvalue weighted by Gasteiger charge is 2.13. The Morgan fingerprint density at radius 2 is 1.88 bits per heavy atom. The molecule has 1 N–H and O–H groups in total. The van der Waals surface area contributed by atoms with E-state index in [0.717, 1.165) is 11.4 Å². The highest BCUT2D eigenvalue weighted by Crippen LogP contribution is 2.30. The predicted octanol–water partition coefficient (Wildman–Crippen LogP) is 4.34. The summed E-state index contributed by atoms with van der Waals surface area (Å²) in [6, 6.07) is 12.8. The molecule has 0 aliphatic heterocycles. The van der Waals surface area contributed by atoms with Crippen molar-refractivity contribution in [2.24, 2.45) is 5.10 Å². The first-order valence-electron chi connectivity index (χ1n) is 9.29. The Bertz CT molecular complexity index is 1150. The molecule has 0 radical (unpaired) electrons. The first-order valence-corrected chi connectivity index (χ1v) is 10.5. The molecule has 3 aromatic rings. The number of nitrogens with zero attached hydrogens (tertiary/aromatic N) is 4. The molecule has 9 nitrogen and oxygen atoms in total. The van der Waals surface area contributed by atoms with Crippen molar-refractivity contribution in [1.82, 2.24) is 15.4 Å². The van der Waals surface area contributed by atoms with E-state index in [4.69, 9.17) is 16.3 Å². The van der Waals surface area contributed by atoms with Crippen LogP contribution >= 0.6 is 23.4 Å². The van der Waals surface area contributed by atoms with Crippen molar-refractivity contribution in [3.05, 3.63) is 80.6 Å². The van der Waals surface area contributed by atoms with Crippen LogP contribution in [-0.4, -0.2) is 33.6 Å². The number of aromatic nitrogens is 2. The minimum absolute atomic E-state index is 0.102. The van der Waals surface area contributed by atoms with Crippen molar-refractivity contribution in [3.8, 4) is 5.75 Å². The fraction of sp³-hybridized carbons (Fsp3) is 0.143. The maximum absolute atomic E-state index is 12.0. The zero-order valence-electron chi connectivity index (χ0n) is 17.1. The number of hydrogen-bond donors (Lipinski definition) is 1. The van der Waals surface area contributed by atoms with Crippen molar-refractivity contribution in [2.75, 3.05) is 6.61 Å². The van der Waals surface area contributed by atoms with Crippen LogP contribution in [0, 0.1) is 24.0 Å². The molecule has 0 unspecified atom stereocenters. The Kier molecular flexibility index (Phi) is 7.74. The molecule has 1 amide bonds. The van der Waals surface area contributed by atoms with Crippen molar-refractivity contribution in [3.63, 3.8) is 0 Å². The fourth-order valence-electron chi connectivity index (χ4n) is 2.57. The molecule has 0 saturated carbocycles. The molecule has 11 heteroatoms. The molecule has 0 fully saturated rings. The standard InChI is InChI=1S/C21H18ClN5O4S/c1-13-9-14(2)25-21(24-13)32-19-8-5-17(27(29)30)10-15(19)11-23-26-20(28)12-31-18-6-3-16(22)4-7-18/h3-11H,12H2,1-2H3,(H,26,28)/b23-11+. The lowest BCUT2D eigenvalue weighted by Gasteiger charge is -2.07. The summed E-state index contributed by atoms with van der Waals surface area (Å²) in [7, 11) is 0. The van der Waals surface area contributed by atoms with Crippen LogP contribution < -0.4 is 10.2 Å². The number of hydrogen-bond acceptors (Lipinski definition) is 8. The SMILES string of the molecule is Cc1cc(C)nc(Sc2ccc([N+](=O)[O-])cc2/C=N/NC(=O)COc2ccc(Cl)cc2)n1. The minimum Gasteiger partial charge on any atom is -0.484 e. The number of ether oxygens (including phenoxy) is 1. The normalized spacial score (nSPS) is 10.8. The monoisotopic (exact) mass is 471 g/mol. The van der Waals surface area contributed by atoms with Crippen LogP contribution in [0.4, 0.5) is 5.69 Å². The van der Waals surface area contributed by atoms with E-state index in [1.807, 2.05) is 19.9 Å². The number of nitro groups is 1. The van der Waals surface area contributed by atoms with Gasteiger partial charge in [0, 0.05) is 39.0 Å². The zero-order chi connectivity index (χ0) is 23.1. The van der Waals surface area contributed by atoms with E-state index in [-0.39, 0.29) is 12.3 Å². The van der Waals surface area contributed by atoms with Gasteiger partial charge in [0.1, 0.15) is 5.75 Å². The Morgan fingerprint density at radius 1 is 1.19 bits per heavy atom. The smallest absolute Gasteiger partial charge is 0.277 e. The van der Waals surface area contributed by atoms with Crippen molar-refractivity contribution >= 4 is 41.2 Å². The predicted molar refractivity (Wildman–Crippen MR) is 121 cm³/mol. The van der Waals surface area contributed by atoms with E-state index in [0.29, 0.717) is 26.4 Å². The lowest BCUT2D eigenvalue weighted by Crippen LogP contribution is -2.24. The van der Waals surface area contributed by atoms with Crippen LogP contribution in [0.1, 0.15) is 17.0 Å². The van der Waals surface area contributed by atoms with Gasteiger partial charge in [0.25, 0.3) is 11.6 Å². The number of hydrazone groups is 1. The van der Waals surface area contributed by atoms with Gasteiger partial charge in [-0.15, -0.1) is 0 Å². The molecule has 0 bridgehead atoms. The quantitative estimate of drug-likeness (QED) is 0.224. The largest absolute Gasteiger partial charge is 0.484 e. The molecule has 32 heavy (non-hydrogen) atoms. The van der Waals surface area contributed by atoms with Crippen LogP contribution in [0.5, 0.6) is 5.75 Å². The zero-order valence-corrected chi connectivity index (χ0v) is 18.7. The second kappa shape index (κ2) is 10.7. The van der Waals surface area contributed by atoms with Crippen LogP contribution in [0.25, 0.3) is 0 Å². The van der Waals surface area contributed by atoms with Crippen LogP contribution in [0.3, 0.4) is 0 Å². The van der Waals surface area contributed by atoms with E-state index in [2.05, 4.69) is 20.5 Å². The second-order valence-electron chi connectivity index (χ2n) is 6.55. The molecule has 0 spiro atoms. The van der Waals surface area contributed by atoms with Crippen molar-refractivity contribution in [2.45, 2.75) is 23.9 Å². The average molecular weight is 472 g/mol. The van der Waals surface area contributed by atoms with Crippen LogP contribution in [-0.2, 0) is 4.79 Å². The molecular formula is C21H18ClN5O4S. The highest BCUT2D eigenvalue weighted by molar-refractivity contribution is 7.99. The number of nitrogens with one attached hydrogen (secondary N) is 1. The van der Waals surface area contributed by atoms with Gasteiger partial charge in [0.15, 0.2) is 11.8 Å².